The fraction of sp³-hybridized carbons (Fsp3) is 0.429. The van der Waals surface area contributed by atoms with Crippen molar-refractivity contribution in [1.82, 2.24) is 20.1 Å². The largest absolute Gasteiger partial charge is 0.384 e. The Labute approximate surface area is 118 Å². The lowest BCUT2D eigenvalue weighted by atomic mass is 10.1. The van der Waals surface area contributed by atoms with E-state index in [2.05, 4.69) is 20.1 Å². The van der Waals surface area contributed by atoms with Gasteiger partial charge in [0.25, 0.3) is 0 Å². The van der Waals surface area contributed by atoms with Crippen molar-refractivity contribution in [3.05, 3.63) is 41.3 Å². The molecule has 3 N–H and O–H groups in total. The van der Waals surface area contributed by atoms with Crippen LogP contribution >= 0.6 is 0 Å². The molecule has 0 aromatic carbocycles. The van der Waals surface area contributed by atoms with Gasteiger partial charge in [-0.05, 0) is 19.1 Å². The van der Waals surface area contributed by atoms with Crippen molar-refractivity contribution in [3.8, 4) is 0 Å². The average Bonchev–Trinajstić information content (AvgIpc) is 2.85. The Bertz CT molecular complexity index is 582. The highest BCUT2D eigenvalue weighted by molar-refractivity contribution is 5.29. The molecule has 0 saturated carbocycles. The van der Waals surface area contributed by atoms with Gasteiger partial charge in [0.2, 0.25) is 0 Å². The van der Waals surface area contributed by atoms with Crippen LogP contribution in [0.5, 0.6) is 0 Å². The summed E-state index contributed by atoms with van der Waals surface area (Å²) in [4.78, 5) is 6.71. The van der Waals surface area contributed by atoms with Crippen molar-refractivity contribution in [2.45, 2.75) is 19.6 Å². The number of nitrogens with one attached hydrogen (secondary N) is 1. The van der Waals surface area contributed by atoms with Gasteiger partial charge in [-0.15, -0.1) is 0 Å². The summed E-state index contributed by atoms with van der Waals surface area (Å²) in [6, 6.07) is 5.67. The van der Waals surface area contributed by atoms with Gasteiger partial charge in [-0.25, -0.2) is 4.98 Å². The van der Waals surface area contributed by atoms with E-state index in [9.17, 15) is 0 Å². The predicted octanol–water partition coefficient (Wildman–Crippen LogP) is 1.27. The second-order valence-electron chi connectivity index (χ2n) is 5.10. The minimum absolute atomic E-state index is 0.0144. The van der Waals surface area contributed by atoms with E-state index in [4.69, 9.17) is 10.5 Å². The number of morpholine rings is 1. The Balaban J connectivity index is 1.69. The number of nitrogens with zero attached hydrogens (tertiary/aromatic N) is 3. The van der Waals surface area contributed by atoms with Crippen molar-refractivity contribution in [1.29, 1.82) is 0 Å². The summed E-state index contributed by atoms with van der Waals surface area (Å²) in [5.41, 5.74) is 8.99. The first-order valence-corrected chi connectivity index (χ1v) is 6.77. The topological polar surface area (TPSA) is 80.1 Å². The fourth-order valence-electron chi connectivity index (χ4n) is 2.45. The molecule has 3 heterocycles. The van der Waals surface area contributed by atoms with Gasteiger partial charge in [0.05, 0.1) is 18.5 Å². The van der Waals surface area contributed by atoms with E-state index in [1.165, 1.54) is 5.56 Å². The van der Waals surface area contributed by atoms with Gasteiger partial charge in [0, 0.05) is 30.9 Å². The molecule has 1 fully saturated rings. The maximum absolute atomic E-state index is 5.82. The van der Waals surface area contributed by atoms with Crippen LogP contribution in [0.25, 0.3) is 0 Å². The van der Waals surface area contributed by atoms with Gasteiger partial charge in [0.15, 0.2) is 0 Å². The minimum atomic E-state index is -0.0144. The van der Waals surface area contributed by atoms with Crippen molar-refractivity contribution >= 4 is 5.82 Å². The summed E-state index contributed by atoms with van der Waals surface area (Å²) in [5.74, 6) is 0.536. The Morgan fingerprint density at radius 3 is 3.15 bits per heavy atom. The van der Waals surface area contributed by atoms with Crippen molar-refractivity contribution in [2.24, 2.45) is 0 Å². The highest BCUT2D eigenvalue weighted by Gasteiger charge is 2.23. The van der Waals surface area contributed by atoms with E-state index < -0.39 is 0 Å². The molecule has 1 saturated heterocycles. The lowest BCUT2D eigenvalue weighted by Crippen LogP contribution is -2.38. The number of aryl methyl sites for hydroxylation is 1. The minimum Gasteiger partial charge on any atom is -0.384 e. The third-order valence-corrected chi connectivity index (χ3v) is 3.60. The predicted molar refractivity (Wildman–Crippen MR) is 75.9 cm³/mol. The van der Waals surface area contributed by atoms with Crippen LogP contribution in [-0.2, 0) is 11.3 Å². The number of pyridine rings is 1. The van der Waals surface area contributed by atoms with Crippen molar-refractivity contribution < 1.29 is 4.74 Å². The van der Waals surface area contributed by atoms with Crippen molar-refractivity contribution in [3.63, 3.8) is 0 Å². The highest BCUT2D eigenvalue weighted by Crippen LogP contribution is 2.22. The normalized spacial score (nSPS) is 20.1. The molecule has 0 aliphatic carbocycles. The van der Waals surface area contributed by atoms with Gasteiger partial charge in [0.1, 0.15) is 11.9 Å². The molecule has 1 aliphatic rings. The molecule has 0 bridgehead atoms. The first-order valence-electron chi connectivity index (χ1n) is 6.77. The Kier molecular flexibility index (Phi) is 3.66. The lowest BCUT2D eigenvalue weighted by molar-refractivity contribution is -0.0349. The molecule has 0 spiro atoms. The molecule has 1 aliphatic heterocycles. The van der Waals surface area contributed by atoms with Crippen LogP contribution in [0.4, 0.5) is 5.82 Å². The number of aromatic nitrogens is 3. The van der Waals surface area contributed by atoms with Crippen LogP contribution < -0.4 is 5.73 Å². The van der Waals surface area contributed by atoms with Crippen LogP contribution in [0.3, 0.4) is 0 Å². The van der Waals surface area contributed by atoms with Crippen LogP contribution in [0.1, 0.15) is 23.1 Å². The molecule has 6 nitrogen and oxygen atoms in total. The molecule has 0 radical (unpaired) electrons. The van der Waals surface area contributed by atoms with E-state index in [-0.39, 0.29) is 6.10 Å². The smallest absolute Gasteiger partial charge is 0.123 e. The second kappa shape index (κ2) is 5.60. The zero-order valence-electron chi connectivity index (χ0n) is 11.5. The van der Waals surface area contributed by atoms with E-state index in [0.717, 1.165) is 31.0 Å². The monoisotopic (exact) mass is 273 g/mol. The maximum atomic E-state index is 5.82. The van der Waals surface area contributed by atoms with Gasteiger partial charge in [-0.3, -0.25) is 10.00 Å². The van der Waals surface area contributed by atoms with Crippen LogP contribution in [-0.4, -0.2) is 39.8 Å². The zero-order chi connectivity index (χ0) is 13.9. The number of hydrogen-bond acceptors (Lipinski definition) is 5. The second-order valence-corrected chi connectivity index (χ2v) is 5.10. The van der Waals surface area contributed by atoms with Crippen LogP contribution in [0, 0.1) is 6.92 Å². The van der Waals surface area contributed by atoms with Crippen molar-refractivity contribution in [2.75, 3.05) is 25.4 Å². The summed E-state index contributed by atoms with van der Waals surface area (Å²) in [6.07, 6.45) is 1.87. The van der Waals surface area contributed by atoms with Crippen LogP contribution in [0.2, 0.25) is 0 Å². The standard InChI is InChI=1S/C14H19N5O/c1-10-11(7-16-18-10)8-19-5-6-20-13(9-19)12-3-2-4-14(15)17-12/h2-4,7,13H,5-6,8-9H2,1H3,(H2,15,17)(H,16,18)/t13-/m0/s1. The quantitative estimate of drug-likeness (QED) is 0.880. The summed E-state index contributed by atoms with van der Waals surface area (Å²) in [7, 11) is 0. The van der Waals surface area contributed by atoms with Gasteiger partial charge < -0.3 is 10.5 Å². The average molecular weight is 273 g/mol. The number of ether oxygens (including phenoxy) is 1. The first-order chi connectivity index (χ1) is 9.72. The summed E-state index contributed by atoms with van der Waals surface area (Å²) >= 11 is 0. The van der Waals surface area contributed by atoms with Gasteiger partial charge in [-0.1, -0.05) is 6.07 Å². The van der Waals surface area contributed by atoms with Gasteiger partial charge >= 0.3 is 0 Å². The van der Waals surface area contributed by atoms with Crippen LogP contribution in [0.15, 0.2) is 24.4 Å². The number of hydrogen-bond donors (Lipinski definition) is 2. The highest BCUT2D eigenvalue weighted by atomic mass is 16.5. The number of anilines is 1. The van der Waals surface area contributed by atoms with Gasteiger partial charge in [-0.2, -0.15) is 5.10 Å². The Morgan fingerprint density at radius 1 is 1.50 bits per heavy atom. The number of rotatable bonds is 3. The van der Waals surface area contributed by atoms with E-state index in [1.54, 1.807) is 6.07 Å². The molecule has 0 amide bonds. The fourth-order valence-corrected chi connectivity index (χ4v) is 2.45. The number of nitrogen functional groups attached to an aromatic ring is 1. The maximum Gasteiger partial charge on any atom is 0.123 e. The third-order valence-electron chi connectivity index (χ3n) is 3.60. The third kappa shape index (κ3) is 2.81. The first kappa shape index (κ1) is 13.1. The summed E-state index contributed by atoms with van der Waals surface area (Å²) < 4.78 is 5.82. The molecule has 6 heteroatoms. The molecule has 2 aromatic rings. The Morgan fingerprint density at radius 2 is 2.40 bits per heavy atom. The summed E-state index contributed by atoms with van der Waals surface area (Å²) in [5, 5.41) is 7.04. The lowest BCUT2D eigenvalue weighted by Gasteiger charge is -2.32. The molecule has 0 unspecified atom stereocenters. The molecule has 20 heavy (non-hydrogen) atoms. The molecule has 2 aromatic heterocycles. The molecule has 106 valence electrons. The van der Waals surface area contributed by atoms with E-state index >= 15 is 0 Å². The zero-order valence-corrected chi connectivity index (χ0v) is 11.5. The number of H-pyrrole nitrogens is 1. The molecule has 1 atom stereocenters. The SMILES string of the molecule is Cc1[nH]ncc1CN1CCO[C@H](c2cccc(N)n2)C1. The Hall–Kier alpha value is -1.92. The molecular weight excluding hydrogens is 254 g/mol. The van der Waals surface area contributed by atoms with E-state index in [0.29, 0.717) is 12.4 Å². The van der Waals surface area contributed by atoms with E-state index in [1.807, 2.05) is 25.3 Å². The summed E-state index contributed by atoms with van der Waals surface area (Å²) in [6.45, 7) is 5.37. The molecule has 3 rings (SSSR count). The number of aromatic amines is 1. The number of nitrogens with two attached hydrogens (primary N) is 1. The molecular formula is C14H19N5O.